The summed E-state index contributed by atoms with van der Waals surface area (Å²) in [6, 6.07) is 32.1. The molecular weight excluding hydrogens is 354 g/mol. The van der Waals surface area contributed by atoms with Gasteiger partial charge in [-0.05, 0) is 47.1 Å². The van der Waals surface area contributed by atoms with Crippen molar-refractivity contribution >= 4 is 0 Å². The zero-order chi connectivity index (χ0) is 19.5. The highest BCUT2D eigenvalue weighted by molar-refractivity contribution is 5.68. The molecule has 2 nitrogen and oxygen atoms in total. The lowest BCUT2D eigenvalue weighted by molar-refractivity contribution is -0.0616. The third kappa shape index (κ3) is 1.76. The van der Waals surface area contributed by atoms with Crippen LogP contribution in [0.3, 0.4) is 0 Å². The van der Waals surface area contributed by atoms with Crippen LogP contribution >= 0.6 is 0 Å². The Morgan fingerprint density at radius 3 is 2.07 bits per heavy atom. The fraction of sp³-hybridized carbons (Fsp3) is 0.222. The molecule has 0 radical (unpaired) electrons. The van der Waals surface area contributed by atoms with Crippen LogP contribution in [0.1, 0.15) is 41.5 Å². The molecule has 2 aliphatic heterocycles. The highest BCUT2D eigenvalue weighted by Crippen LogP contribution is 2.75. The van der Waals surface area contributed by atoms with Gasteiger partial charge in [-0.3, -0.25) is 0 Å². The summed E-state index contributed by atoms with van der Waals surface area (Å²) in [7, 11) is 0. The smallest absolute Gasteiger partial charge is 0.143 e. The van der Waals surface area contributed by atoms with E-state index in [9.17, 15) is 5.26 Å². The van der Waals surface area contributed by atoms with Crippen molar-refractivity contribution in [3.63, 3.8) is 0 Å². The second kappa shape index (κ2) is 5.69. The largest absolute Gasteiger partial charge is 0.343 e. The van der Waals surface area contributed by atoms with Gasteiger partial charge in [0.25, 0.3) is 0 Å². The predicted octanol–water partition coefficient (Wildman–Crippen LogP) is 5.84. The molecule has 1 saturated heterocycles. The number of benzene rings is 3. The number of rotatable bonds is 2. The van der Waals surface area contributed by atoms with Crippen LogP contribution in [0, 0.1) is 16.7 Å². The zero-order valence-corrected chi connectivity index (χ0v) is 16.1. The van der Waals surface area contributed by atoms with Crippen molar-refractivity contribution in [1.29, 1.82) is 5.26 Å². The molecule has 29 heavy (non-hydrogen) atoms. The van der Waals surface area contributed by atoms with E-state index in [-0.39, 0.29) is 0 Å². The van der Waals surface area contributed by atoms with E-state index in [0.29, 0.717) is 0 Å². The minimum Gasteiger partial charge on any atom is -0.343 e. The van der Waals surface area contributed by atoms with Crippen molar-refractivity contribution in [3.05, 3.63) is 119 Å². The summed E-state index contributed by atoms with van der Waals surface area (Å²) in [6.45, 7) is 0. The molecule has 1 aliphatic carbocycles. The first kappa shape index (κ1) is 16.8. The summed E-state index contributed by atoms with van der Waals surface area (Å²) in [5.41, 5.74) is 3.42. The number of nitriles is 1. The number of hydrogen-bond donors (Lipinski definition) is 0. The second-order valence-corrected chi connectivity index (χ2v) is 8.27. The van der Waals surface area contributed by atoms with E-state index in [2.05, 4.69) is 72.8 Å². The summed E-state index contributed by atoms with van der Waals surface area (Å²) >= 11 is 0. The van der Waals surface area contributed by atoms with E-state index < -0.39 is 16.6 Å². The van der Waals surface area contributed by atoms with E-state index in [0.717, 1.165) is 41.5 Å². The van der Waals surface area contributed by atoms with Crippen molar-refractivity contribution in [3.8, 4) is 6.07 Å². The normalized spacial score (nSPS) is 31.5. The zero-order valence-electron chi connectivity index (χ0n) is 16.1. The van der Waals surface area contributed by atoms with Gasteiger partial charge < -0.3 is 4.74 Å². The molecule has 2 bridgehead atoms. The van der Waals surface area contributed by atoms with Gasteiger partial charge in [0.15, 0.2) is 0 Å². The molecule has 3 aliphatic rings. The molecule has 3 atom stereocenters. The molecule has 3 aromatic rings. The van der Waals surface area contributed by atoms with Crippen LogP contribution in [-0.4, -0.2) is 0 Å². The van der Waals surface area contributed by atoms with Crippen LogP contribution in [0.15, 0.2) is 96.6 Å². The Bertz CT molecular complexity index is 1180. The summed E-state index contributed by atoms with van der Waals surface area (Å²) in [4.78, 5) is 0. The molecule has 6 rings (SSSR count). The third-order valence-corrected chi connectivity index (χ3v) is 7.09. The van der Waals surface area contributed by atoms with Crippen LogP contribution < -0.4 is 0 Å². The van der Waals surface area contributed by atoms with Crippen molar-refractivity contribution in [2.75, 3.05) is 0 Å². The third-order valence-electron chi connectivity index (χ3n) is 7.09. The monoisotopic (exact) mass is 375 g/mol. The van der Waals surface area contributed by atoms with Crippen LogP contribution in [0.4, 0.5) is 0 Å². The molecule has 2 heteroatoms. The Morgan fingerprint density at radius 1 is 0.759 bits per heavy atom. The quantitative estimate of drug-likeness (QED) is 0.527. The van der Waals surface area contributed by atoms with Gasteiger partial charge >= 0.3 is 0 Å². The van der Waals surface area contributed by atoms with Gasteiger partial charge in [0.1, 0.15) is 16.6 Å². The summed E-state index contributed by atoms with van der Waals surface area (Å²) in [6.07, 6.45) is 5.10. The van der Waals surface area contributed by atoms with Crippen LogP contribution in [0.2, 0.25) is 0 Å². The lowest BCUT2D eigenvalue weighted by Crippen LogP contribution is -2.46. The topological polar surface area (TPSA) is 33.0 Å². The van der Waals surface area contributed by atoms with Crippen LogP contribution in [0.25, 0.3) is 0 Å². The minimum atomic E-state index is -0.790. The van der Waals surface area contributed by atoms with Crippen LogP contribution in [0.5, 0.6) is 0 Å². The first-order valence-corrected chi connectivity index (χ1v) is 10.3. The van der Waals surface area contributed by atoms with Crippen molar-refractivity contribution in [2.24, 2.45) is 5.41 Å². The fourth-order valence-corrected chi connectivity index (χ4v) is 6.06. The average Bonchev–Trinajstić information content (AvgIpc) is 3.28. The number of allylic oxidation sites excluding steroid dienone is 1. The summed E-state index contributed by atoms with van der Waals surface area (Å²) in [5.74, 6) is 0. The Hall–Kier alpha value is -3.15. The molecular formula is C27H21NO. The first-order chi connectivity index (χ1) is 14.3. The van der Waals surface area contributed by atoms with Gasteiger partial charge in [0.05, 0.1) is 6.07 Å². The molecule has 0 N–H and O–H groups in total. The molecule has 0 amide bonds. The molecule has 1 fully saturated rings. The molecule has 2 heterocycles. The highest BCUT2D eigenvalue weighted by atomic mass is 16.5. The van der Waals surface area contributed by atoms with Gasteiger partial charge in [-0.15, -0.1) is 0 Å². The second-order valence-electron chi connectivity index (χ2n) is 8.27. The Morgan fingerprint density at radius 2 is 1.38 bits per heavy atom. The Labute approximate surface area is 171 Å². The maximum atomic E-state index is 10.7. The fourth-order valence-electron chi connectivity index (χ4n) is 6.06. The first-order valence-electron chi connectivity index (χ1n) is 10.3. The van der Waals surface area contributed by atoms with E-state index in [4.69, 9.17) is 4.74 Å². The van der Waals surface area contributed by atoms with E-state index >= 15 is 0 Å². The Kier molecular flexibility index (Phi) is 3.29. The molecule has 0 unspecified atom stereocenters. The van der Waals surface area contributed by atoms with Crippen molar-refractivity contribution < 1.29 is 4.74 Å². The van der Waals surface area contributed by atoms with E-state index in [1.807, 2.05) is 24.3 Å². The summed E-state index contributed by atoms with van der Waals surface area (Å²) < 4.78 is 7.24. The SMILES string of the molecule is N#C[C@]12CCCC=C1[C@]1(c3ccccc3)O[C@@]2(c2ccccc2)c2ccccc21. The number of nitrogens with zero attached hydrogens (tertiary/aromatic N) is 1. The molecule has 0 aromatic heterocycles. The maximum absolute atomic E-state index is 10.7. The Balaban J connectivity index is 1.80. The van der Waals surface area contributed by atoms with Gasteiger partial charge in [0, 0.05) is 0 Å². The standard InChI is InChI=1S/C27H21NO/c28-19-25-18-10-9-17-24(25)26(20-11-3-1-4-12-20)22-15-7-8-16-23(22)27(25,29-26)21-13-5-2-6-14-21/h1-8,11-17H,9-10,18H2/t25-,26-,27+/m1/s1. The van der Waals surface area contributed by atoms with Gasteiger partial charge in [0.2, 0.25) is 0 Å². The number of ether oxygens (including phenoxy) is 1. The lowest BCUT2D eigenvalue weighted by Gasteiger charge is -2.44. The van der Waals surface area contributed by atoms with Gasteiger partial charge in [-0.25, -0.2) is 0 Å². The number of fused-ring (bicyclic) bond motifs is 8. The van der Waals surface area contributed by atoms with Crippen molar-refractivity contribution in [1.82, 2.24) is 0 Å². The predicted molar refractivity (Wildman–Crippen MR) is 112 cm³/mol. The van der Waals surface area contributed by atoms with Crippen LogP contribution in [-0.2, 0) is 15.9 Å². The molecule has 140 valence electrons. The molecule has 3 aromatic carbocycles. The molecule has 0 saturated carbocycles. The number of hydrogen-bond acceptors (Lipinski definition) is 2. The van der Waals surface area contributed by atoms with E-state index in [1.165, 1.54) is 5.56 Å². The van der Waals surface area contributed by atoms with Gasteiger partial charge in [-0.1, -0.05) is 91.0 Å². The summed E-state index contributed by atoms with van der Waals surface area (Å²) in [5, 5.41) is 10.7. The van der Waals surface area contributed by atoms with Crippen molar-refractivity contribution in [2.45, 2.75) is 30.5 Å². The maximum Gasteiger partial charge on any atom is 0.143 e. The molecule has 0 spiro atoms. The van der Waals surface area contributed by atoms with E-state index in [1.54, 1.807) is 0 Å². The van der Waals surface area contributed by atoms with Gasteiger partial charge in [-0.2, -0.15) is 5.26 Å². The lowest BCUT2D eigenvalue weighted by atomic mass is 9.52. The average molecular weight is 375 g/mol. The highest BCUT2D eigenvalue weighted by Gasteiger charge is 2.76. The minimum absolute atomic E-state index is 0.698.